The third kappa shape index (κ3) is 2.64. The van der Waals surface area contributed by atoms with E-state index in [-0.39, 0.29) is 5.56 Å². The third-order valence-electron chi connectivity index (χ3n) is 2.60. The molecule has 18 heavy (non-hydrogen) atoms. The fourth-order valence-corrected chi connectivity index (χ4v) is 1.94. The van der Waals surface area contributed by atoms with Crippen molar-refractivity contribution in [1.82, 2.24) is 0 Å². The summed E-state index contributed by atoms with van der Waals surface area (Å²) >= 11 is 11.6. The van der Waals surface area contributed by atoms with Crippen molar-refractivity contribution in [2.24, 2.45) is 5.73 Å². The van der Waals surface area contributed by atoms with E-state index in [4.69, 9.17) is 28.9 Å². The zero-order chi connectivity index (χ0) is 13.3. The van der Waals surface area contributed by atoms with Gasteiger partial charge in [0.1, 0.15) is 11.6 Å². The van der Waals surface area contributed by atoms with E-state index < -0.39 is 17.7 Å². The minimum atomic E-state index is -0.796. The predicted molar refractivity (Wildman–Crippen MR) is 68.9 cm³/mol. The van der Waals surface area contributed by atoms with Gasteiger partial charge < -0.3 is 5.73 Å². The van der Waals surface area contributed by atoms with Crippen molar-refractivity contribution in [2.75, 3.05) is 0 Å². The molecule has 0 heterocycles. The summed E-state index contributed by atoms with van der Waals surface area (Å²) in [6, 6.07) is 7.10. The van der Waals surface area contributed by atoms with E-state index in [2.05, 4.69) is 0 Å². The third-order valence-corrected chi connectivity index (χ3v) is 3.33. The van der Waals surface area contributed by atoms with E-state index in [1.165, 1.54) is 0 Å². The molecule has 1 unspecified atom stereocenters. The monoisotopic (exact) mass is 287 g/mol. The summed E-state index contributed by atoms with van der Waals surface area (Å²) in [5.41, 5.74) is 6.54. The number of rotatable bonds is 2. The lowest BCUT2D eigenvalue weighted by molar-refractivity contribution is 0.576. The molecule has 2 aromatic carbocycles. The summed E-state index contributed by atoms with van der Waals surface area (Å²) in [5.74, 6) is -1.10. The van der Waals surface area contributed by atoms with Crippen molar-refractivity contribution in [2.45, 2.75) is 6.04 Å². The van der Waals surface area contributed by atoms with E-state index in [1.54, 1.807) is 18.2 Å². The van der Waals surface area contributed by atoms with Crippen molar-refractivity contribution >= 4 is 23.2 Å². The van der Waals surface area contributed by atoms with Gasteiger partial charge in [-0.05, 0) is 35.9 Å². The molecule has 0 aliphatic heterocycles. The molecular weight excluding hydrogens is 279 g/mol. The molecule has 0 aliphatic rings. The molecule has 0 saturated heterocycles. The van der Waals surface area contributed by atoms with E-state index in [0.29, 0.717) is 15.6 Å². The van der Waals surface area contributed by atoms with Gasteiger partial charge in [-0.2, -0.15) is 0 Å². The van der Waals surface area contributed by atoms with Gasteiger partial charge in [-0.1, -0.05) is 29.3 Å². The molecule has 5 heteroatoms. The van der Waals surface area contributed by atoms with Crippen molar-refractivity contribution in [3.8, 4) is 0 Å². The average Bonchev–Trinajstić information content (AvgIpc) is 2.35. The van der Waals surface area contributed by atoms with E-state index in [0.717, 1.165) is 18.2 Å². The first-order valence-corrected chi connectivity index (χ1v) is 5.90. The van der Waals surface area contributed by atoms with Crippen molar-refractivity contribution in [3.63, 3.8) is 0 Å². The Balaban J connectivity index is 2.44. The zero-order valence-corrected chi connectivity index (χ0v) is 10.6. The molecule has 0 amide bonds. The van der Waals surface area contributed by atoms with Crippen LogP contribution < -0.4 is 5.73 Å². The average molecular weight is 288 g/mol. The van der Waals surface area contributed by atoms with Crippen LogP contribution in [0.25, 0.3) is 0 Å². The second kappa shape index (κ2) is 5.22. The van der Waals surface area contributed by atoms with Crippen LogP contribution in [-0.4, -0.2) is 0 Å². The van der Waals surface area contributed by atoms with E-state index in [9.17, 15) is 8.78 Å². The smallest absolute Gasteiger partial charge is 0.128 e. The van der Waals surface area contributed by atoms with Gasteiger partial charge in [0.25, 0.3) is 0 Å². The number of hydrogen-bond acceptors (Lipinski definition) is 1. The topological polar surface area (TPSA) is 26.0 Å². The van der Waals surface area contributed by atoms with Gasteiger partial charge >= 0.3 is 0 Å². The highest BCUT2D eigenvalue weighted by Crippen LogP contribution is 2.28. The van der Waals surface area contributed by atoms with Gasteiger partial charge in [0.2, 0.25) is 0 Å². The van der Waals surface area contributed by atoms with Crippen molar-refractivity contribution in [1.29, 1.82) is 0 Å². The molecule has 1 nitrogen and oxygen atoms in total. The Bertz CT molecular complexity index is 587. The Kier molecular flexibility index (Phi) is 3.85. The highest BCUT2D eigenvalue weighted by Gasteiger charge is 2.15. The van der Waals surface area contributed by atoms with Gasteiger partial charge in [0.15, 0.2) is 0 Å². The molecule has 0 aliphatic carbocycles. The summed E-state index contributed by atoms with van der Waals surface area (Å²) in [7, 11) is 0. The molecule has 0 saturated carbocycles. The molecule has 0 aromatic heterocycles. The van der Waals surface area contributed by atoms with Crippen LogP contribution in [-0.2, 0) is 0 Å². The number of halogens is 4. The Morgan fingerprint density at radius 1 is 0.944 bits per heavy atom. The maximum absolute atomic E-state index is 13.6. The molecule has 0 bridgehead atoms. The van der Waals surface area contributed by atoms with E-state index in [1.807, 2.05) is 0 Å². The molecule has 0 fully saturated rings. The van der Waals surface area contributed by atoms with Gasteiger partial charge in [-0.3, -0.25) is 0 Å². The van der Waals surface area contributed by atoms with Crippen LogP contribution in [0, 0.1) is 11.6 Å². The normalized spacial score (nSPS) is 12.5. The van der Waals surface area contributed by atoms with Crippen molar-refractivity contribution in [3.05, 3.63) is 69.2 Å². The minimum Gasteiger partial charge on any atom is -0.320 e. The van der Waals surface area contributed by atoms with Crippen LogP contribution in [0.2, 0.25) is 10.0 Å². The first-order valence-electron chi connectivity index (χ1n) is 5.14. The maximum atomic E-state index is 13.6. The standard InChI is InChI=1S/C13H9Cl2F2N/c14-10-3-1-7(5-11(10)15)13(18)9-6-8(16)2-4-12(9)17/h1-6,13H,18H2. The Morgan fingerprint density at radius 2 is 1.67 bits per heavy atom. The summed E-state index contributed by atoms with van der Waals surface area (Å²) in [6.07, 6.45) is 0. The van der Waals surface area contributed by atoms with Crippen molar-refractivity contribution < 1.29 is 8.78 Å². The summed E-state index contributed by atoms with van der Waals surface area (Å²) in [5, 5.41) is 0.703. The number of nitrogens with two attached hydrogens (primary N) is 1. The molecule has 2 aromatic rings. The molecule has 0 spiro atoms. The zero-order valence-electron chi connectivity index (χ0n) is 9.13. The SMILES string of the molecule is NC(c1ccc(Cl)c(Cl)c1)c1cc(F)ccc1F. The van der Waals surface area contributed by atoms with Crippen LogP contribution in [0.15, 0.2) is 36.4 Å². The molecule has 2 rings (SSSR count). The minimum absolute atomic E-state index is 0.0772. The Hall–Kier alpha value is -1.16. The van der Waals surface area contributed by atoms with Crippen LogP contribution in [0.5, 0.6) is 0 Å². The second-order valence-corrected chi connectivity index (χ2v) is 4.63. The van der Waals surface area contributed by atoms with Gasteiger partial charge in [-0.15, -0.1) is 0 Å². The number of hydrogen-bond donors (Lipinski definition) is 1. The van der Waals surface area contributed by atoms with Crippen LogP contribution in [0.3, 0.4) is 0 Å². The molecule has 0 radical (unpaired) electrons. The lowest BCUT2D eigenvalue weighted by Crippen LogP contribution is -2.14. The Morgan fingerprint density at radius 3 is 2.33 bits per heavy atom. The molecule has 94 valence electrons. The predicted octanol–water partition coefficient (Wildman–Crippen LogP) is 4.32. The first kappa shape index (κ1) is 13.3. The first-order chi connectivity index (χ1) is 8.49. The molecular formula is C13H9Cl2F2N. The quantitative estimate of drug-likeness (QED) is 0.875. The fraction of sp³-hybridized carbons (Fsp3) is 0.0769. The molecule has 2 N–H and O–H groups in total. The summed E-state index contributed by atoms with van der Waals surface area (Å²) in [4.78, 5) is 0. The lowest BCUT2D eigenvalue weighted by Gasteiger charge is -2.14. The highest BCUT2D eigenvalue weighted by molar-refractivity contribution is 6.42. The Labute approximate surface area is 113 Å². The fourth-order valence-electron chi connectivity index (χ4n) is 1.64. The number of benzene rings is 2. The lowest BCUT2D eigenvalue weighted by atomic mass is 9.99. The van der Waals surface area contributed by atoms with Crippen LogP contribution >= 0.6 is 23.2 Å². The molecule has 1 atom stereocenters. The van der Waals surface area contributed by atoms with Crippen LogP contribution in [0.4, 0.5) is 8.78 Å². The largest absolute Gasteiger partial charge is 0.320 e. The van der Waals surface area contributed by atoms with Crippen LogP contribution in [0.1, 0.15) is 17.2 Å². The van der Waals surface area contributed by atoms with E-state index >= 15 is 0 Å². The second-order valence-electron chi connectivity index (χ2n) is 3.82. The van der Waals surface area contributed by atoms with Gasteiger partial charge in [-0.25, -0.2) is 8.78 Å². The van der Waals surface area contributed by atoms with Gasteiger partial charge in [0, 0.05) is 5.56 Å². The maximum Gasteiger partial charge on any atom is 0.128 e. The summed E-state index contributed by atoms with van der Waals surface area (Å²) in [6.45, 7) is 0. The highest BCUT2D eigenvalue weighted by atomic mass is 35.5. The summed E-state index contributed by atoms with van der Waals surface area (Å²) < 4.78 is 26.7. The van der Waals surface area contributed by atoms with Gasteiger partial charge in [0.05, 0.1) is 16.1 Å².